The highest BCUT2D eigenvalue weighted by atomic mass is 16.5. The van der Waals surface area contributed by atoms with Crippen LogP contribution in [0.1, 0.15) is 25.1 Å². The van der Waals surface area contributed by atoms with Gasteiger partial charge in [-0.25, -0.2) is 4.98 Å². The van der Waals surface area contributed by atoms with Crippen molar-refractivity contribution in [1.29, 1.82) is 0 Å². The van der Waals surface area contributed by atoms with Crippen LogP contribution < -0.4 is 15.8 Å². The standard InChI is InChI=1S/C12H18N6O/c1-7(2)19-12-10(13)11(15-6-16-12)14-4-9-5-17-18-8(9)3/h5-7H,4,13H2,1-3H3,(H,17,18)(H,14,15,16). The summed E-state index contributed by atoms with van der Waals surface area (Å²) in [6, 6.07) is 0. The van der Waals surface area contributed by atoms with Crippen LogP contribution in [0.3, 0.4) is 0 Å². The van der Waals surface area contributed by atoms with Crippen molar-refractivity contribution in [3.8, 4) is 5.88 Å². The monoisotopic (exact) mass is 262 g/mol. The molecule has 0 saturated carbocycles. The van der Waals surface area contributed by atoms with Gasteiger partial charge in [0.05, 0.1) is 12.3 Å². The first-order chi connectivity index (χ1) is 9.08. The number of aromatic nitrogens is 4. The Kier molecular flexibility index (Phi) is 3.84. The quantitative estimate of drug-likeness (QED) is 0.754. The zero-order valence-corrected chi connectivity index (χ0v) is 11.3. The van der Waals surface area contributed by atoms with E-state index in [1.165, 1.54) is 6.33 Å². The number of nitrogens with two attached hydrogens (primary N) is 1. The van der Waals surface area contributed by atoms with E-state index in [0.29, 0.717) is 23.9 Å². The maximum absolute atomic E-state index is 5.97. The Balaban J connectivity index is 2.10. The van der Waals surface area contributed by atoms with E-state index in [1.54, 1.807) is 6.20 Å². The number of nitrogens with one attached hydrogen (secondary N) is 2. The number of hydrogen-bond acceptors (Lipinski definition) is 6. The number of nitrogens with zero attached hydrogens (tertiary/aromatic N) is 3. The first-order valence-electron chi connectivity index (χ1n) is 6.07. The molecule has 4 N–H and O–H groups in total. The second-order valence-electron chi connectivity index (χ2n) is 4.48. The normalized spacial score (nSPS) is 10.7. The molecule has 2 aromatic heterocycles. The van der Waals surface area contributed by atoms with Gasteiger partial charge in [0.25, 0.3) is 0 Å². The molecule has 0 aliphatic carbocycles. The fourth-order valence-electron chi connectivity index (χ4n) is 1.57. The number of hydrogen-bond donors (Lipinski definition) is 3. The fourth-order valence-corrected chi connectivity index (χ4v) is 1.57. The number of rotatable bonds is 5. The molecule has 0 atom stereocenters. The van der Waals surface area contributed by atoms with E-state index in [0.717, 1.165) is 11.3 Å². The van der Waals surface area contributed by atoms with Crippen LogP contribution in [0.4, 0.5) is 11.5 Å². The molecule has 102 valence electrons. The van der Waals surface area contributed by atoms with E-state index in [2.05, 4.69) is 25.5 Å². The Labute approximate surface area is 111 Å². The third-order valence-corrected chi connectivity index (χ3v) is 2.58. The molecule has 19 heavy (non-hydrogen) atoms. The van der Waals surface area contributed by atoms with Gasteiger partial charge >= 0.3 is 0 Å². The summed E-state index contributed by atoms with van der Waals surface area (Å²) in [7, 11) is 0. The van der Waals surface area contributed by atoms with Gasteiger partial charge in [-0.1, -0.05) is 0 Å². The molecular formula is C12H18N6O. The Bertz CT molecular complexity index is 551. The Morgan fingerprint density at radius 3 is 2.84 bits per heavy atom. The van der Waals surface area contributed by atoms with Gasteiger partial charge in [0, 0.05) is 17.8 Å². The topological polar surface area (TPSA) is 102 Å². The lowest BCUT2D eigenvalue weighted by Crippen LogP contribution is -2.12. The molecule has 2 rings (SSSR count). The third kappa shape index (κ3) is 3.12. The van der Waals surface area contributed by atoms with E-state index < -0.39 is 0 Å². The van der Waals surface area contributed by atoms with E-state index in [-0.39, 0.29) is 6.10 Å². The molecule has 0 unspecified atom stereocenters. The average molecular weight is 262 g/mol. The molecule has 7 heteroatoms. The van der Waals surface area contributed by atoms with Crippen molar-refractivity contribution in [1.82, 2.24) is 20.2 Å². The number of aryl methyl sites for hydroxylation is 1. The lowest BCUT2D eigenvalue weighted by molar-refractivity contribution is 0.234. The maximum Gasteiger partial charge on any atom is 0.242 e. The summed E-state index contributed by atoms with van der Waals surface area (Å²) in [4.78, 5) is 8.14. The van der Waals surface area contributed by atoms with E-state index in [1.807, 2.05) is 20.8 Å². The van der Waals surface area contributed by atoms with Crippen LogP contribution in [-0.4, -0.2) is 26.3 Å². The zero-order valence-electron chi connectivity index (χ0n) is 11.3. The summed E-state index contributed by atoms with van der Waals surface area (Å²) in [5, 5.41) is 9.99. The average Bonchev–Trinajstić information content (AvgIpc) is 2.76. The molecule has 0 radical (unpaired) electrons. The largest absolute Gasteiger partial charge is 0.473 e. The number of nitrogen functional groups attached to an aromatic ring is 1. The van der Waals surface area contributed by atoms with Gasteiger partial charge in [-0.3, -0.25) is 5.10 Å². The number of ether oxygens (including phenoxy) is 1. The number of anilines is 2. The number of H-pyrrole nitrogens is 1. The van der Waals surface area contributed by atoms with Crippen molar-refractivity contribution in [3.05, 3.63) is 23.8 Å². The van der Waals surface area contributed by atoms with Gasteiger partial charge < -0.3 is 15.8 Å². The molecule has 0 fully saturated rings. The van der Waals surface area contributed by atoms with Crippen molar-refractivity contribution >= 4 is 11.5 Å². The lowest BCUT2D eigenvalue weighted by Gasteiger charge is -2.13. The molecular weight excluding hydrogens is 244 g/mol. The van der Waals surface area contributed by atoms with Crippen molar-refractivity contribution in [2.75, 3.05) is 11.1 Å². The molecule has 2 aromatic rings. The minimum absolute atomic E-state index is 0.0150. The summed E-state index contributed by atoms with van der Waals surface area (Å²) in [5.74, 6) is 0.961. The highest BCUT2D eigenvalue weighted by Crippen LogP contribution is 2.25. The molecule has 0 saturated heterocycles. The van der Waals surface area contributed by atoms with Crippen molar-refractivity contribution < 1.29 is 4.74 Å². The van der Waals surface area contributed by atoms with E-state index >= 15 is 0 Å². The van der Waals surface area contributed by atoms with Crippen LogP contribution in [0.5, 0.6) is 5.88 Å². The predicted octanol–water partition coefficient (Wildman–Crippen LogP) is 1.49. The second-order valence-corrected chi connectivity index (χ2v) is 4.48. The van der Waals surface area contributed by atoms with Crippen LogP contribution in [0, 0.1) is 6.92 Å². The predicted molar refractivity (Wildman–Crippen MR) is 72.9 cm³/mol. The van der Waals surface area contributed by atoms with Gasteiger partial charge in [0.1, 0.15) is 12.0 Å². The highest BCUT2D eigenvalue weighted by molar-refractivity contribution is 5.66. The van der Waals surface area contributed by atoms with Crippen molar-refractivity contribution in [2.45, 2.75) is 33.4 Å². The maximum atomic E-state index is 5.97. The lowest BCUT2D eigenvalue weighted by atomic mass is 10.2. The molecule has 0 spiro atoms. The van der Waals surface area contributed by atoms with Gasteiger partial charge in [0.15, 0.2) is 5.82 Å². The minimum Gasteiger partial charge on any atom is -0.473 e. The molecule has 0 aromatic carbocycles. The van der Waals surface area contributed by atoms with Crippen LogP contribution in [0.15, 0.2) is 12.5 Å². The SMILES string of the molecule is Cc1[nH]ncc1CNc1ncnc(OC(C)C)c1N. The molecule has 2 heterocycles. The Morgan fingerprint density at radius 2 is 2.21 bits per heavy atom. The van der Waals surface area contributed by atoms with Gasteiger partial charge in [-0.05, 0) is 20.8 Å². The first-order valence-corrected chi connectivity index (χ1v) is 6.07. The number of aromatic amines is 1. The van der Waals surface area contributed by atoms with Gasteiger partial charge in [-0.2, -0.15) is 10.1 Å². The minimum atomic E-state index is 0.0150. The van der Waals surface area contributed by atoms with E-state index in [4.69, 9.17) is 10.5 Å². The van der Waals surface area contributed by atoms with Crippen LogP contribution in [-0.2, 0) is 6.54 Å². The van der Waals surface area contributed by atoms with Crippen LogP contribution in [0.25, 0.3) is 0 Å². The first kappa shape index (κ1) is 13.1. The molecule has 0 aliphatic heterocycles. The summed E-state index contributed by atoms with van der Waals surface area (Å²) < 4.78 is 5.51. The van der Waals surface area contributed by atoms with Gasteiger partial charge in [-0.15, -0.1) is 0 Å². The Hall–Kier alpha value is -2.31. The van der Waals surface area contributed by atoms with Gasteiger partial charge in [0.2, 0.25) is 5.88 Å². The molecule has 0 bridgehead atoms. The fraction of sp³-hybridized carbons (Fsp3) is 0.417. The zero-order chi connectivity index (χ0) is 13.8. The van der Waals surface area contributed by atoms with Crippen molar-refractivity contribution in [2.24, 2.45) is 0 Å². The molecule has 7 nitrogen and oxygen atoms in total. The third-order valence-electron chi connectivity index (χ3n) is 2.58. The second kappa shape index (κ2) is 5.55. The van der Waals surface area contributed by atoms with Crippen LogP contribution >= 0.6 is 0 Å². The molecule has 0 amide bonds. The highest BCUT2D eigenvalue weighted by Gasteiger charge is 2.11. The summed E-state index contributed by atoms with van der Waals surface area (Å²) in [5.41, 5.74) is 8.46. The van der Waals surface area contributed by atoms with Crippen LogP contribution in [0.2, 0.25) is 0 Å². The molecule has 0 aliphatic rings. The summed E-state index contributed by atoms with van der Waals surface area (Å²) in [6.07, 6.45) is 3.21. The van der Waals surface area contributed by atoms with Crippen molar-refractivity contribution in [3.63, 3.8) is 0 Å². The Morgan fingerprint density at radius 1 is 1.42 bits per heavy atom. The van der Waals surface area contributed by atoms with E-state index in [9.17, 15) is 0 Å². The smallest absolute Gasteiger partial charge is 0.242 e. The summed E-state index contributed by atoms with van der Waals surface area (Å²) in [6.45, 7) is 6.39. The summed E-state index contributed by atoms with van der Waals surface area (Å²) >= 11 is 0.